The first kappa shape index (κ1) is 24.4. The molecule has 1 aliphatic rings. The molecule has 5 rings (SSSR count). The van der Waals surface area contributed by atoms with Crippen LogP contribution in [0.3, 0.4) is 0 Å². The molecule has 0 saturated carbocycles. The third-order valence-electron chi connectivity index (χ3n) is 5.76. The molecular weight excluding hydrogens is 498 g/mol. The number of hydrogen-bond donors (Lipinski definition) is 1. The van der Waals surface area contributed by atoms with Crippen molar-refractivity contribution < 1.29 is 24.1 Å². The van der Waals surface area contributed by atoms with Gasteiger partial charge < -0.3 is 19.3 Å². The summed E-state index contributed by atoms with van der Waals surface area (Å²) in [6.45, 7) is 8.86. The number of hydrogen-bond acceptors (Lipinski definition) is 6. The van der Waals surface area contributed by atoms with Crippen LogP contribution in [0, 0.1) is 6.92 Å². The zero-order chi connectivity index (χ0) is 25.6. The van der Waals surface area contributed by atoms with Gasteiger partial charge in [-0.05, 0) is 81.3 Å². The smallest absolute Gasteiger partial charge is 0.307 e. The second-order valence-corrected chi connectivity index (χ2v) is 11.1. The molecule has 0 saturated heterocycles. The number of carbonyl (C=O) groups is 1. The zero-order valence-electron chi connectivity index (χ0n) is 20.5. The molecule has 0 spiro atoms. The Balaban J connectivity index is 1.75. The first-order chi connectivity index (χ1) is 17.1. The summed E-state index contributed by atoms with van der Waals surface area (Å²) in [5.74, 6) is 1.11. The average molecular weight is 524 g/mol. The molecule has 1 aliphatic heterocycles. The molecular formula is C28H26ClNO5S. The van der Waals surface area contributed by atoms with E-state index in [1.54, 1.807) is 12.1 Å². The van der Waals surface area contributed by atoms with Crippen LogP contribution >= 0.6 is 22.9 Å². The van der Waals surface area contributed by atoms with Gasteiger partial charge in [-0.2, -0.15) is 0 Å². The van der Waals surface area contributed by atoms with Crippen LogP contribution in [0.15, 0.2) is 42.5 Å². The maximum absolute atomic E-state index is 11.9. The Kier molecular flexibility index (Phi) is 6.30. The lowest BCUT2D eigenvalue weighted by Gasteiger charge is -2.24. The Morgan fingerprint density at radius 1 is 1.11 bits per heavy atom. The second-order valence-electron chi connectivity index (χ2n) is 9.70. The summed E-state index contributed by atoms with van der Waals surface area (Å²) in [5, 5.41) is 11.1. The third-order valence-corrected chi connectivity index (χ3v) is 7.13. The molecule has 4 aromatic rings. The van der Waals surface area contributed by atoms with Crippen molar-refractivity contribution in [3.63, 3.8) is 0 Å². The standard InChI is InChI=1S/C28H26ClNO5S/c1-15-11-20-26(36-27(30-20)16-5-8-21-23(12-16)34-10-9-33-21)25(19(15)14-24(31)32)18-7-6-17(29)13-22(18)35-28(2,3)4/h5-8,11-13H,9-10,14H2,1-4H3,(H,31,32). The lowest BCUT2D eigenvalue weighted by Crippen LogP contribution is -2.23. The van der Waals surface area contributed by atoms with Crippen molar-refractivity contribution in [1.29, 1.82) is 0 Å². The van der Waals surface area contributed by atoms with Gasteiger partial charge in [0.1, 0.15) is 29.6 Å². The summed E-state index contributed by atoms with van der Waals surface area (Å²) in [4.78, 5) is 16.8. The Morgan fingerprint density at radius 2 is 1.86 bits per heavy atom. The van der Waals surface area contributed by atoms with Crippen LogP contribution < -0.4 is 14.2 Å². The van der Waals surface area contributed by atoms with E-state index in [1.165, 1.54) is 11.3 Å². The predicted molar refractivity (Wildman–Crippen MR) is 143 cm³/mol. The summed E-state index contributed by atoms with van der Waals surface area (Å²) in [6, 6.07) is 13.2. The van der Waals surface area contributed by atoms with Crippen molar-refractivity contribution in [2.24, 2.45) is 0 Å². The number of carboxylic acids is 1. The van der Waals surface area contributed by atoms with E-state index in [2.05, 4.69) is 0 Å². The first-order valence-corrected chi connectivity index (χ1v) is 12.8. The van der Waals surface area contributed by atoms with E-state index in [0.29, 0.717) is 29.7 Å². The molecule has 1 N–H and O–H groups in total. The predicted octanol–water partition coefficient (Wildman–Crippen LogP) is 7.17. The van der Waals surface area contributed by atoms with E-state index >= 15 is 0 Å². The molecule has 36 heavy (non-hydrogen) atoms. The third kappa shape index (κ3) is 4.86. The van der Waals surface area contributed by atoms with Gasteiger partial charge in [-0.1, -0.05) is 11.6 Å². The molecule has 186 valence electrons. The molecule has 0 atom stereocenters. The normalized spacial score (nSPS) is 13.1. The number of benzene rings is 3. The summed E-state index contributed by atoms with van der Waals surface area (Å²) in [5.41, 5.74) is 4.42. The molecule has 0 radical (unpaired) electrons. The number of nitrogens with zero attached hydrogens (tertiary/aromatic N) is 1. The van der Waals surface area contributed by atoms with E-state index < -0.39 is 11.6 Å². The lowest BCUT2D eigenvalue weighted by atomic mass is 9.92. The number of aliphatic carboxylic acids is 1. The van der Waals surface area contributed by atoms with E-state index in [-0.39, 0.29) is 6.42 Å². The Labute approximate surface area is 218 Å². The molecule has 0 amide bonds. The molecule has 0 fully saturated rings. The van der Waals surface area contributed by atoms with Crippen LogP contribution in [0.5, 0.6) is 17.2 Å². The van der Waals surface area contributed by atoms with Crippen molar-refractivity contribution in [3.8, 4) is 38.9 Å². The van der Waals surface area contributed by atoms with E-state index in [9.17, 15) is 9.90 Å². The van der Waals surface area contributed by atoms with Gasteiger partial charge in [0.25, 0.3) is 0 Å². The number of halogens is 1. The van der Waals surface area contributed by atoms with Crippen LogP contribution in [0.2, 0.25) is 5.02 Å². The minimum atomic E-state index is -0.900. The van der Waals surface area contributed by atoms with Crippen molar-refractivity contribution in [2.75, 3.05) is 13.2 Å². The van der Waals surface area contributed by atoms with Gasteiger partial charge in [0.05, 0.1) is 16.6 Å². The largest absolute Gasteiger partial charge is 0.487 e. The summed E-state index contributed by atoms with van der Waals surface area (Å²) >= 11 is 7.86. The van der Waals surface area contributed by atoms with Crippen LogP contribution in [-0.4, -0.2) is 34.9 Å². The molecule has 0 aliphatic carbocycles. The monoisotopic (exact) mass is 523 g/mol. The topological polar surface area (TPSA) is 77.9 Å². The summed E-state index contributed by atoms with van der Waals surface area (Å²) in [7, 11) is 0. The molecule has 0 bridgehead atoms. The fraction of sp³-hybridized carbons (Fsp3) is 0.286. The summed E-state index contributed by atoms with van der Waals surface area (Å²) < 4.78 is 18.6. The molecule has 8 heteroatoms. The fourth-order valence-electron chi connectivity index (χ4n) is 4.32. The van der Waals surface area contributed by atoms with Crippen molar-refractivity contribution in [1.82, 2.24) is 4.98 Å². The van der Waals surface area contributed by atoms with Gasteiger partial charge in [0.2, 0.25) is 0 Å². The summed E-state index contributed by atoms with van der Waals surface area (Å²) in [6.07, 6.45) is -0.119. The van der Waals surface area contributed by atoms with Crippen molar-refractivity contribution >= 4 is 39.1 Å². The van der Waals surface area contributed by atoms with Gasteiger partial charge in [0, 0.05) is 21.7 Å². The van der Waals surface area contributed by atoms with E-state index in [0.717, 1.165) is 48.8 Å². The quantitative estimate of drug-likeness (QED) is 0.299. The number of carboxylic acid groups (broad SMARTS) is 1. The van der Waals surface area contributed by atoms with E-state index in [1.807, 2.05) is 58.0 Å². The molecule has 1 aromatic heterocycles. The number of fused-ring (bicyclic) bond motifs is 2. The second kappa shape index (κ2) is 9.30. The highest BCUT2D eigenvalue weighted by atomic mass is 35.5. The molecule has 3 aromatic carbocycles. The first-order valence-electron chi connectivity index (χ1n) is 11.6. The van der Waals surface area contributed by atoms with Gasteiger partial charge in [-0.15, -0.1) is 11.3 Å². The SMILES string of the molecule is Cc1cc2nc(-c3ccc4c(c3)OCCO4)sc2c(-c2ccc(Cl)cc2OC(C)(C)C)c1CC(=O)O. The molecule has 0 unspecified atom stereocenters. The van der Waals surface area contributed by atoms with Crippen LogP contribution in [0.4, 0.5) is 0 Å². The number of aromatic nitrogens is 1. The fourth-order valence-corrected chi connectivity index (χ4v) is 5.60. The highest BCUT2D eigenvalue weighted by molar-refractivity contribution is 7.22. The minimum Gasteiger partial charge on any atom is -0.487 e. The van der Waals surface area contributed by atoms with E-state index in [4.69, 9.17) is 30.8 Å². The van der Waals surface area contributed by atoms with Crippen LogP contribution in [0.25, 0.3) is 31.9 Å². The maximum atomic E-state index is 11.9. The lowest BCUT2D eigenvalue weighted by molar-refractivity contribution is -0.136. The Bertz CT molecular complexity index is 1490. The van der Waals surface area contributed by atoms with Crippen LogP contribution in [0.1, 0.15) is 31.9 Å². The zero-order valence-corrected chi connectivity index (χ0v) is 22.0. The minimum absolute atomic E-state index is 0.119. The van der Waals surface area contributed by atoms with Gasteiger partial charge in [-0.25, -0.2) is 4.98 Å². The average Bonchev–Trinajstić information content (AvgIpc) is 3.22. The number of aryl methyl sites for hydroxylation is 1. The number of thiazole rings is 1. The van der Waals surface area contributed by atoms with Gasteiger partial charge in [-0.3, -0.25) is 4.79 Å². The van der Waals surface area contributed by atoms with Crippen molar-refractivity contribution in [3.05, 3.63) is 58.6 Å². The van der Waals surface area contributed by atoms with Crippen LogP contribution in [-0.2, 0) is 11.2 Å². The van der Waals surface area contributed by atoms with Crippen molar-refractivity contribution in [2.45, 2.75) is 39.7 Å². The Hall–Kier alpha value is -3.29. The number of rotatable bonds is 5. The highest BCUT2D eigenvalue weighted by Crippen LogP contribution is 2.46. The number of ether oxygens (including phenoxy) is 3. The highest BCUT2D eigenvalue weighted by Gasteiger charge is 2.24. The molecule has 6 nitrogen and oxygen atoms in total. The van der Waals surface area contributed by atoms with Gasteiger partial charge >= 0.3 is 5.97 Å². The molecule has 2 heterocycles. The van der Waals surface area contributed by atoms with Gasteiger partial charge in [0.15, 0.2) is 11.5 Å². The Morgan fingerprint density at radius 3 is 2.58 bits per heavy atom. The maximum Gasteiger partial charge on any atom is 0.307 e.